The van der Waals surface area contributed by atoms with Crippen LogP contribution in [0, 0.1) is 0 Å². The lowest BCUT2D eigenvalue weighted by atomic mass is 9.81. The Balaban J connectivity index is 4.01. The number of unbranched alkanes of at least 4 members (excludes halogenated alkanes) is 1. The molecule has 8 heteroatoms. The first-order valence-corrected chi connectivity index (χ1v) is 7.42. The number of ether oxygens (including phenoxy) is 1. The molecule has 0 aromatic carbocycles. The fourth-order valence-corrected chi connectivity index (χ4v) is 2.17. The van der Waals surface area contributed by atoms with Crippen molar-refractivity contribution in [3.63, 3.8) is 0 Å². The molecule has 0 aromatic rings. The summed E-state index contributed by atoms with van der Waals surface area (Å²) in [7, 11) is 0.296. The zero-order chi connectivity index (χ0) is 16.3. The molecule has 0 aliphatic heterocycles. The molecule has 2 atom stereocenters. The molecule has 7 nitrogen and oxygen atoms in total. The Bertz CT molecular complexity index is 294. The van der Waals surface area contributed by atoms with Gasteiger partial charge in [0.1, 0.15) is 5.54 Å². The number of carboxylic acids is 1. The number of rotatable bonds is 13. The predicted molar refractivity (Wildman–Crippen MR) is 82.0 cm³/mol. The molecule has 0 aliphatic rings. The van der Waals surface area contributed by atoms with Crippen molar-refractivity contribution in [3.05, 3.63) is 0 Å². The summed E-state index contributed by atoms with van der Waals surface area (Å²) in [4.78, 5) is 11.3. The van der Waals surface area contributed by atoms with Crippen LogP contribution in [-0.2, 0) is 9.53 Å². The molecule has 0 saturated carbocycles. The van der Waals surface area contributed by atoms with Crippen LogP contribution in [-0.4, -0.2) is 60.1 Å². The highest BCUT2D eigenvalue weighted by molar-refractivity contribution is 6.40. The number of nitrogens with one attached hydrogen (secondary N) is 1. The van der Waals surface area contributed by atoms with E-state index in [2.05, 4.69) is 5.32 Å². The Morgan fingerprint density at radius 2 is 1.95 bits per heavy atom. The smallest absolute Gasteiger partial charge is 0.451 e. The van der Waals surface area contributed by atoms with Crippen LogP contribution in [0.3, 0.4) is 0 Å². The maximum atomic E-state index is 11.3. The Hall–Kier alpha value is -0.665. The van der Waals surface area contributed by atoms with Crippen molar-refractivity contribution in [1.82, 2.24) is 5.32 Å². The number of methoxy groups -OCH3 is 1. The van der Waals surface area contributed by atoms with Gasteiger partial charge < -0.3 is 30.9 Å². The van der Waals surface area contributed by atoms with Gasteiger partial charge in [0.05, 0.1) is 6.61 Å². The summed E-state index contributed by atoms with van der Waals surface area (Å²) < 4.78 is 5.00. The minimum Gasteiger partial charge on any atom is -0.480 e. The third kappa shape index (κ3) is 9.81. The number of nitrogens with two attached hydrogens (primary N) is 1. The topological polar surface area (TPSA) is 125 Å². The summed E-state index contributed by atoms with van der Waals surface area (Å²) in [6, 6.07) is 0.220. The Morgan fingerprint density at radius 1 is 1.33 bits per heavy atom. The van der Waals surface area contributed by atoms with Gasteiger partial charge in [-0.1, -0.05) is 12.8 Å². The van der Waals surface area contributed by atoms with Crippen molar-refractivity contribution < 1.29 is 24.7 Å². The van der Waals surface area contributed by atoms with Crippen LogP contribution in [0.2, 0.25) is 6.32 Å². The number of carboxylic acid groups (broad SMARTS) is 1. The average molecular weight is 304 g/mol. The van der Waals surface area contributed by atoms with Crippen LogP contribution in [0.25, 0.3) is 0 Å². The molecule has 6 N–H and O–H groups in total. The Morgan fingerprint density at radius 3 is 2.48 bits per heavy atom. The average Bonchev–Trinajstić information content (AvgIpc) is 2.40. The Labute approximate surface area is 127 Å². The maximum absolute atomic E-state index is 11.3. The van der Waals surface area contributed by atoms with Gasteiger partial charge in [0.2, 0.25) is 0 Å². The molecule has 0 aromatic heterocycles. The van der Waals surface area contributed by atoms with E-state index < -0.39 is 18.6 Å². The van der Waals surface area contributed by atoms with Crippen molar-refractivity contribution in [2.75, 3.05) is 20.3 Å². The van der Waals surface area contributed by atoms with E-state index in [-0.39, 0.29) is 12.4 Å². The highest BCUT2D eigenvalue weighted by atomic mass is 16.5. The second-order valence-electron chi connectivity index (χ2n) is 5.60. The molecule has 0 aliphatic carbocycles. The van der Waals surface area contributed by atoms with E-state index in [9.17, 15) is 9.90 Å². The first kappa shape index (κ1) is 20.3. The van der Waals surface area contributed by atoms with Gasteiger partial charge in [0.15, 0.2) is 0 Å². The van der Waals surface area contributed by atoms with Crippen LogP contribution in [0.15, 0.2) is 0 Å². The lowest BCUT2D eigenvalue weighted by Crippen LogP contribution is -2.48. The van der Waals surface area contributed by atoms with E-state index in [4.69, 9.17) is 20.5 Å². The summed E-state index contributed by atoms with van der Waals surface area (Å²) in [5.74, 6) is -1.00. The Kier molecular flexibility index (Phi) is 10.6. The van der Waals surface area contributed by atoms with Gasteiger partial charge >= 0.3 is 13.1 Å². The van der Waals surface area contributed by atoms with Gasteiger partial charge in [-0.25, -0.2) is 0 Å². The predicted octanol–water partition coefficient (Wildman–Crippen LogP) is -0.184. The van der Waals surface area contributed by atoms with Crippen LogP contribution in [0.5, 0.6) is 0 Å². The maximum Gasteiger partial charge on any atom is 0.451 e. The minimum absolute atomic E-state index is 0.220. The van der Waals surface area contributed by atoms with Crippen molar-refractivity contribution in [2.24, 2.45) is 5.73 Å². The van der Waals surface area contributed by atoms with Crippen molar-refractivity contribution in [3.8, 4) is 0 Å². The number of hydrogen-bond acceptors (Lipinski definition) is 6. The highest BCUT2D eigenvalue weighted by Crippen LogP contribution is 2.19. The van der Waals surface area contributed by atoms with Crippen molar-refractivity contribution >= 4 is 13.1 Å². The van der Waals surface area contributed by atoms with Gasteiger partial charge in [0.25, 0.3) is 0 Å². The molecule has 0 spiro atoms. The molecular formula is C13H29BN2O5. The van der Waals surface area contributed by atoms with E-state index in [1.807, 2.05) is 6.92 Å². The standard InChI is InChI=1S/C13H29BN2O5/c1-11(10-21-2)16-9-5-7-13(15,12(17)18)6-3-4-8-14(19)20/h11,16,19-20H,3-10,15H2,1-2H3,(H,17,18). The molecule has 0 radical (unpaired) electrons. The largest absolute Gasteiger partial charge is 0.480 e. The highest BCUT2D eigenvalue weighted by Gasteiger charge is 2.32. The lowest BCUT2D eigenvalue weighted by molar-refractivity contribution is -0.144. The van der Waals surface area contributed by atoms with Crippen molar-refractivity contribution in [2.45, 2.75) is 56.9 Å². The molecule has 0 saturated heterocycles. The number of hydrogen-bond donors (Lipinski definition) is 5. The second kappa shape index (κ2) is 11.0. The zero-order valence-electron chi connectivity index (χ0n) is 13.0. The molecular weight excluding hydrogens is 275 g/mol. The molecule has 21 heavy (non-hydrogen) atoms. The van der Waals surface area contributed by atoms with E-state index in [1.54, 1.807) is 7.11 Å². The van der Waals surface area contributed by atoms with E-state index in [0.717, 1.165) is 0 Å². The van der Waals surface area contributed by atoms with Gasteiger partial charge in [-0.3, -0.25) is 4.79 Å². The number of carbonyl (C=O) groups is 1. The zero-order valence-corrected chi connectivity index (χ0v) is 13.0. The third-order valence-electron chi connectivity index (χ3n) is 3.47. The van der Waals surface area contributed by atoms with Crippen LogP contribution in [0.1, 0.15) is 39.0 Å². The van der Waals surface area contributed by atoms with E-state index in [0.29, 0.717) is 45.3 Å². The van der Waals surface area contributed by atoms with Gasteiger partial charge in [-0.2, -0.15) is 0 Å². The molecule has 0 rings (SSSR count). The molecule has 0 amide bonds. The first-order valence-electron chi connectivity index (χ1n) is 7.42. The summed E-state index contributed by atoms with van der Waals surface area (Å²) in [6.07, 6.45) is 2.74. The summed E-state index contributed by atoms with van der Waals surface area (Å²) >= 11 is 0. The summed E-state index contributed by atoms with van der Waals surface area (Å²) in [6.45, 7) is 3.29. The van der Waals surface area contributed by atoms with Crippen LogP contribution < -0.4 is 11.1 Å². The van der Waals surface area contributed by atoms with Gasteiger partial charge in [-0.15, -0.1) is 0 Å². The van der Waals surface area contributed by atoms with E-state index in [1.165, 1.54) is 0 Å². The first-order chi connectivity index (χ1) is 9.81. The number of aliphatic carboxylic acids is 1. The molecule has 2 unspecified atom stereocenters. The molecule has 0 heterocycles. The summed E-state index contributed by atoms with van der Waals surface area (Å²) in [5, 5.41) is 30.0. The summed E-state index contributed by atoms with van der Waals surface area (Å²) in [5.41, 5.74) is 4.71. The monoisotopic (exact) mass is 304 g/mol. The molecule has 0 fully saturated rings. The van der Waals surface area contributed by atoms with Gasteiger partial charge in [-0.05, 0) is 39.1 Å². The lowest BCUT2D eigenvalue weighted by Gasteiger charge is -2.25. The van der Waals surface area contributed by atoms with Crippen LogP contribution in [0.4, 0.5) is 0 Å². The fraction of sp³-hybridized carbons (Fsp3) is 0.923. The van der Waals surface area contributed by atoms with E-state index >= 15 is 0 Å². The fourth-order valence-electron chi connectivity index (χ4n) is 2.17. The quantitative estimate of drug-likeness (QED) is 0.236. The van der Waals surface area contributed by atoms with Crippen molar-refractivity contribution in [1.29, 1.82) is 0 Å². The SMILES string of the molecule is COCC(C)NCCCC(N)(CCCCB(O)O)C(=O)O. The second-order valence-corrected chi connectivity index (χ2v) is 5.60. The third-order valence-corrected chi connectivity index (χ3v) is 3.47. The minimum atomic E-state index is -1.34. The molecule has 0 bridgehead atoms. The molecule has 124 valence electrons. The van der Waals surface area contributed by atoms with Crippen LogP contribution >= 0.6 is 0 Å². The van der Waals surface area contributed by atoms with Gasteiger partial charge in [0, 0.05) is 13.2 Å². The normalized spacial score (nSPS) is 15.5.